The molecule has 3 nitrogen and oxygen atoms in total. The van der Waals surface area contributed by atoms with Crippen LogP contribution in [0.3, 0.4) is 0 Å². The molecular weight excluding hydrogens is 304 g/mol. The summed E-state index contributed by atoms with van der Waals surface area (Å²) in [6, 6.07) is 9.13. The Morgan fingerprint density at radius 2 is 1.95 bits per heavy atom. The standard InChI is InChI=1S/C16H22O3S2/c1-11-10-13(14(18-4)16(2,3)21-20-11)19-15(17)12-8-6-5-7-9-12/h5-9,11,13-14H,10H2,1-4H3. The predicted molar refractivity (Wildman–Crippen MR) is 89.8 cm³/mol. The maximum absolute atomic E-state index is 12.3. The first kappa shape index (κ1) is 16.7. The fourth-order valence-electron chi connectivity index (χ4n) is 2.52. The van der Waals surface area contributed by atoms with Gasteiger partial charge in [0.2, 0.25) is 0 Å². The maximum atomic E-state index is 12.3. The summed E-state index contributed by atoms with van der Waals surface area (Å²) in [7, 11) is 5.34. The molecule has 0 aromatic heterocycles. The molecule has 1 heterocycles. The molecule has 0 radical (unpaired) electrons. The van der Waals surface area contributed by atoms with E-state index in [2.05, 4.69) is 20.8 Å². The Morgan fingerprint density at radius 3 is 2.57 bits per heavy atom. The lowest BCUT2D eigenvalue weighted by atomic mass is 9.97. The highest BCUT2D eigenvalue weighted by Crippen LogP contribution is 2.47. The molecule has 116 valence electrons. The Morgan fingerprint density at radius 1 is 1.29 bits per heavy atom. The second-order valence-corrected chi connectivity index (χ2v) is 9.09. The summed E-state index contributed by atoms with van der Waals surface area (Å²) >= 11 is 0. The summed E-state index contributed by atoms with van der Waals surface area (Å²) in [5.74, 6) is -0.275. The van der Waals surface area contributed by atoms with Crippen LogP contribution in [0.4, 0.5) is 0 Å². The summed E-state index contributed by atoms with van der Waals surface area (Å²) in [5, 5.41) is 0.419. The van der Waals surface area contributed by atoms with Crippen LogP contribution in [0.2, 0.25) is 0 Å². The number of benzene rings is 1. The van der Waals surface area contributed by atoms with E-state index < -0.39 is 0 Å². The second kappa shape index (κ2) is 7.07. The van der Waals surface area contributed by atoms with E-state index in [1.165, 1.54) is 0 Å². The van der Waals surface area contributed by atoms with E-state index in [1.54, 1.807) is 19.2 Å². The number of hydrogen-bond donors (Lipinski definition) is 0. The molecule has 3 atom stereocenters. The van der Waals surface area contributed by atoms with Crippen molar-refractivity contribution in [3.05, 3.63) is 35.9 Å². The first-order valence-corrected chi connectivity index (χ1v) is 9.28. The summed E-state index contributed by atoms with van der Waals surface area (Å²) in [6.07, 6.45) is 0.459. The van der Waals surface area contributed by atoms with Gasteiger partial charge in [-0.05, 0) is 32.4 Å². The molecule has 3 unspecified atom stereocenters. The Kier molecular flexibility index (Phi) is 5.63. The predicted octanol–water partition coefficient (Wildman–Crippen LogP) is 4.18. The smallest absolute Gasteiger partial charge is 0.338 e. The van der Waals surface area contributed by atoms with Crippen LogP contribution in [0.25, 0.3) is 0 Å². The van der Waals surface area contributed by atoms with Gasteiger partial charge in [0.1, 0.15) is 12.2 Å². The van der Waals surface area contributed by atoms with Crippen LogP contribution >= 0.6 is 21.6 Å². The van der Waals surface area contributed by atoms with Gasteiger partial charge in [-0.3, -0.25) is 0 Å². The van der Waals surface area contributed by atoms with E-state index in [-0.39, 0.29) is 22.9 Å². The van der Waals surface area contributed by atoms with Crippen molar-refractivity contribution in [3.8, 4) is 0 Å². The lowest BCUT2D eigenvalue weighted by Crippen LogP contribution is -2.45. The minimum Gasteiger partial charge on any atom is -0.456 e. The first-order valence-electron chi connectivity index (χ1n) is 7.07. The van der Waals surface area contributed by atoms with E-state index in [1.807, 2.05) is 39.8 Å². The topological polar surface area (TPSA) is 35.5 Å². The highest BCUT2D eigenvalue weighted by atomic mass is 33.1. The van der Waals surface area contributed by atoms with Crippen molar-refractivity contribution in [1.82, 2.24) is 0 Å². The number of methoxy groups -OCH3 is 1. The number of esters is 1. The van der Waals surface area contributed by atoms with Gasteiger partial charge in [-0.15, -0.1) is 0 Å². The van der Waals surface area contributed by atoms with Gasteiger partial charge in [-0.2, -0.15) is 0 Å². The van der Waals surface area contributed by atoms with Crippen LogP contribution in [0.1, 0.15) is 37.6 Å². The van der Waals surface area contributed by atoms with E-state index in [0.717, 1.165) is 6.42 Å². The summed E-state index contributed by atoms with van der Waals surface area (Å²) in [4.78, 5) is 12.3. The molecule has 1 aromatic carbocycles. The third kappa shape index (κ3) is 4.18. The van der Waals surface area contributed by atoms with E-state index in [0.29, 0.717) is 10.8 Å². The molecule has 1 saturated heterocycles. The average molecular weight is 326 g/mol. The fourth-order valence-corrected chi connectivity index (χ4v) is 5.30. The van der Waals surface area contributed by atoms with Crippen molar-refractivity contribution in [1.29, 1.82) is 0 Å². The number of rotatable bonds is 3. The zero-order valence-electron chi connectivity index (χ0n) is 12.9. The van der Waals surface area contributed by atoms with Crippen LogP contribution in [-0.4, -0.2) is 35.3 Å². The van der Waals surface area contributed by atoms with Gasteiger partial charge >= 0.3 is 5.97 Å². The van der Waals surface area contributed by atoms with Gasteiger partial charge in [0.25, 0.3) is 0 Å². The molecule has 5 heteroatoms. The van der Waals surface area contributed by atoms with Crippen molar-refractivity contribution in [3.63, 3.8) is 0 Å². The average Bonchev–Trinajstić information content (AvgIpc) is 2.56. The van der Waals surface area contributed by atoms with Gasteiger partial charge in [0.15, 0.2) is 0 Å². The molecule has 1 fully saturated rings. The zero-order chi connectivity index (χ0) is 15.5. The normalized spacial score (nSPS) is 28.7. The minimum atomic E-state index is -0.275. The molecule has 21 heavy (non-hydrogen) atoms. The summed E-state index contributed by atoms with van der Waals surface area (Å²) < 4.78 is 11.3. The SMILES string of the molecule is COC1C(OC(=O)c2ccccc2)CC(C)SSC1(C)C. The monoisotopic (exact) mass is 326 g/mol. The molecule has 0 amide bonds. The number of ether oxygens (including phenoxy) is 2. The van der Waals surface area contributed by atoms with E-state index >= 15 is 0 Å². The number of carbonyl (C=O) groups is 1. The van der Waals surface area contributed by atoms with Crippen LogP contribution < -0.4 is 0 Å². The van der Waals surface area contributed by atoms with Crippen molar-refractivity contribution in [2.45, 2.75) is 49.4 Å². The Bertz CT molecular complexity index is 476. The third-order valence-electron chi connectivity index (χ3n) is 3.54. The van der Waals surface area contributed by atoms with Gasteiger partial charge in [-0.1, -0.05) is 46.7 Å². The quantitative estimate of drug-likeness (QED) is 0.615. The summed E-state index contributed by atoms with van der Waals surface area (Å²) in [6.45, 7) is 6.44. The Labute approximate surface area is 134 Å². The molecule has 0 spiro atoms. The molecular formula is C16H22O3S2. The van der Waals surface area contributed by atoms with Crippen LogP contribution in [0.5, 0.6) is 0 Å². The zero-order valence-corrected chi connectivity index (χ0v) is 14.5. The molecule has 0 aliphatic carbocycles. The second-order valence-electron chi connectivity index (χ2n) is 5.80. The molecule has 2 rings (SSSR count). The third-order valence-corrected chi connectivity index (χ3v) is 7.38. The van der Waals surface area contributed by atoms with Gasteiger partial charge in [0.05, 0.1) is 10.3 Å². The van der Waals surface area contributed by atoms with E-state index in [9.17, 15) is 4.79 Å². The minimum absolute atomic E-state index is 0.105. The van der Waals surface area contributed by atoms with Crippen LogP contribution in [0.15, 0.2) is 30.3 Å². The van der Waals surface area contributed by atoms with Gasteiger partial charge in [-0.25, -0.2) is 4.79 Å². The maximum Gasteiger partial charge on any atom is 0.338 e. The van der Waals surface area contributed by atoms with Crippen LogP contribution in [0, 0.1) is 0 Å². The molecule has 0 bridgehead atoms. The van der Waals surface area contributed by atoms with Crippen molar-refractivity contribution in [2.24, 2.45) is 0 Å². The van der Waals surface area contributed by atoms with Crippen molar-refractivity contribution < 1.29 is 14.3 Å². The fraction of sp³-hybridized carbons (Fsp3) is 0.562. The lowest BCUT2D eigenvalue weighted by Gasteiger charge is -2.34. The van der Waals surface area contributed by atoms with Gasteiger partial charge < -0.3 is 9.47 Å². The molecule has 0 N–H and O–H groups in total. The number of carbonyl (C=O) groups excluding carboxylic acids is 1. The van der Waals surface area contributed by atoms with Crippen molar-refractivity contribution >= 4 is 27.6 Å². The molecule has 1 aliphatic rings. The highest BCUT2D eigenvalue weighted by Gasteiger charge is 2.42. The highest BCUT2D eigenvalue weighted by molar-refractivity contribution is 8.77. The molecule has 0 saturated carbocycles. The summed E-state index contributed by atoms with van der Waals surface area (Å²) in [5.41, 5.74) is 0.586. The molecule has 1 aromatic rings. The number of hydrogen-bond acceptors (Lipinski definition) is 5. The Balaban J connectivity index is 2.16. The van der Waals surface area contributed by atoms with Crippen molar-refractivity contribution in [2.75, 3.05) is 7.11 Å². The largest absolute Gasteiger partial charge is 0.456 e. The van der Waals surface area contributed by atoms with Crippen LogP contribution in [-0.2, 0) is 9.47 Å². The van der Waals surface area contributed by atoms with Gasteiger partial charge in [0, 0.05) is 12.4 Å². The lowest BCUT2D eigenvalue weighted by molar-refractivity contribution is -0.0486. The van der Waals surface area contributed by atoms with E-state index in [4.69, 9.17) is 9.47 Å². The molecule has 1 aliphatic heterocycles. The first-order chi connectivity index (χ1) is 9.94. The Hall–Kier alpha value is -0.650.